The summed E-state index contributed by atoms with van der Waals surface area (Å²) in [5.41, 5.74) is 6.22. The van der Waals surface area contributed by atoms with Crippen molar-refractivity contribution in [3.8, 4) is 17.5 Å². The quantitative estimate of drug-likeness (QED) is 0.817. The summed E-state index contributed by atoms with van der Waals surface area (Å²) in [5.74, 6) is -0.446. The van der Waals surface area contributed by atoms with E-state index in [2.05, 4.69) is 5.10 Å². The number of benzene rings is 1. The van der Waals surface area contributed by atoms with Crippen LogP contribution in [0, 0.1) is 18.3 Å². The molecule has 0 atom stereocenters. The second-order valence-electron chi connectivity index (χ2n) is 4.04. The van der Waals surface area contributed by atoms with Crippen LogP contribution in [0.5, 0.6) is 5.75 Å². The van der Waals surface area contributed by atoms with Crippen molar-refractivity contribution in [3.05, 3.63) is 51.4 Å². The molecule has 1 heterocycles. The molecule has 0 aliphatic heterocycles. The fourth-order valence-electron chi connectivity index (χ4n) is 1.69. The van der Waals surface area contributed by atoms with Crippen LogP contribution in [-0.4, -0.2) is 14.9 Å². The van der Waals surface area contributed by atoms with Gasteiger partial charge < -0.3 is 10.8 Å². The smallest absolute Gasteiger partial charge is 0.279 e. The van der Waals surface area contributed by atoms with Gasteiger partial charge in [0, 0.05) is 6.54 Å². The monoisotopic (exact) mass is 256 g/mol. The lowest BCUT2D eigenvalue weighted by Gasteiger charge is -2.09. The highest BCUT2D eigenvalue weighted by Gasteiger charge is 2.16. The summed E-state index contributed by atoms with van der Waals surface area (Å²) >= 11 is 0. The molecule has 96 valence electrons. The summed E-state index contributed by atoms with van der Waals surface area (Å²) in [4.78, 5) is 12.1. The fraction of sp³-hybridized carbons (Fsp3) is 0.154. The van der Waals surface area contributed by atoms with Crippen molar-refractivity contribution in [1.82, 2.24) is 9.78 Å². The maximum Gasteiger partial charge on any atom is 0.279 e. The van der Waals surface area contributed by atoms with Crippen LogP contribution in [0.2, 0.25) is 0 Å². The Bertz CT molecular complexity index is 711. The highest BCUT2D eigenvalue weighted by Crippen LogP contribution is 2.17. The van der Waals surface area contributed by atoms with Crippen LogP contribution in [-0.2, 0) is 6.54 Å². The van der Waals surface area contributed by atoms with E-state index in [1.165, 1.54) is 0 Å². The van der Waals surface area contributed by atoms with Gasteiger partial charge in [-0.25, -0.2) is 0 Å². The Morgan fingerprint density at radius 3 is 2.58 bits per heavy atom. The van der Waals surface area contributed by atoms with Gasteiger partial charge in [-0.1, -0.05) is 17.7 Å². The summed E-state index contributed by atoms with van der Waals surface area (Å²) < 4.78 is 1.07. The zero-order chi connectivity index (χ0) is 14.0. The number of aryl methyl sites for hydroxylation is 1. The largest absolute Gasteiger partial charge is 0.504 e. The number of hydrogen-bond acceptors (Lipinski definition) is 5. The first-order valence-corrected chi connectivity index (χ1v) is 5.61. The molecule has 0 saturated heterocycles. The summed E-state index contributed by atoms with van der Waals surface area (Å²) in [7, 11) is 0. The molecule has 0 fully saturated rings. The van der Waals surface area contributed by atoms with Gasteiger partial charge in [0.05, 0.1) is 11.3 Å². The van der Waals surface area contributed by atoms with Crippen LogP contribution in [0.15, 0.2) is 29.1 Å². The Kier molecular flexibility index (Phi) is 3.31. The van der Waals surface area contributed by atoms with Gasteiger partial charge >= 0.3 is 0 Å². The summed E-state index contributed by atoms with van der Waals surface area (Å²) in [6, 6.07) is 8.81. The number of rotatable bonds is 2. The highest BCUT2D eigenvalue weighted by molar-refractivity contribution is 5.43. The minimum absolute atomic E-state index is 0.0212. The van der Waals surface area contributed by atoms with Crippen molar-refractivity contribution >= 4 is 0 Å². The number of nitriles is 1. The zero-order valence-corrected chi connectivity index (χ0v) is 10.3. The van der Waals surface area contributed by atoms with Gasteiger partial charge in [0.2, 0.25) is 5.69 Å². The average molecular weight is 256 g/mol. The molecule has 6 nitrogen and oxygen atoms in total. The lowest BCUT2D eigenvalue weighted by molar-refractivity contribution is 0.456. The van der Waals surface area contributed by atoms with Gasteiger partial charge in [-0.05, 0) is 19.1 Å². The molecule has 2 aromatic rings. The normalized spacial score (nSPS) is 10.2. The van der Waals surface area contributed by atoms with E-state index in [0.717, 1.165) is 10.2 Å². The molecule has 0 spiro atoms. The SMILES string of the molecule is Cc1ccc(-n2nc(C#N)c(O)c(CN)c2=O)cc1. The summed E-state index contributed by atoms with van der Waals surface area (Å²) in [5, 5.41) is 22.5. The van der Waals surface area contributed by atoms with Crippen LogP contribution in [0.1, 0.15) is 16.8 Å². The topological polar surface area (TPSA) is 105 Å². The number of hydrogen-bond donors (Lipinski definition) is 2. The van der Waals surface area contributed by atoms with E-state index >= 15 is 0 Å². The molecule has 1 aromatic carbocycles. The van der Waals surface area contributed by atoms with Gasteiger partial charge in [0.25, 0.3) is 5.56 Å². The van der Waals surface area contributed by atoms with E-state index in [4.69, 9.17) is 11.0 Å². The van der Waals surface area contributed by atoms with Gasteiger partial charge in [-0.3, -0.25) is 4.79 Å². The third-order valence-electron chi connectivity index (χ3n) is 2.75. The summed E-state index contributed by atoms with van der Waals surface area (Å²) in [6.45, 7) is 1.76. The van der Waals surface area contributed by atoms with Crippen LogP contribution < -0.4 is 11.3 Å². The number of nitrogens with zero attached hydrogens (tertiary/aromatic N) is 3. The molecule has 6 heteroatoms. The second kappa shape index (κ2) is 4.92. The first kappa shape index (κ1) is 12.8. The molecule has 0 saturated carbocycles. The van der Waals surface area contributed by atoms with E-state index in [1.807, 2.05) is 19.1 Å². The third-order valence-corrected chi connectivity index (χ3v) is 2.75. The van der Waals surface area contributed by atoms with E-state index < -0.39 is 11.3 Å². The van der Waals surface area contributed by atoms with Crippen molar-refractivity contribution in [3.63, 3.8) is 0 Å². The Labute approximate surface area is 109 Å². The van der Waals surface area contributed by atoms with Crippen LogP contribution in [0.4, 0.5) is 0 Å². The molecule has 19 heavy (non-hydrogen) atoms. The second-order valence-corrected chi connectivity index (χ2v) is 4.04. The van der Waals surface area contributed by atoms with Crippen molar-refractivity contribution in [2.75, 3.05) is 0 Å². The minimum atomic E-state index is -0.525. The molecule has 2 rings (SSSR count). The van der Waals surface area contributed by atoms with Gasteiger partial charge in [-0.2, -0.15) is 9.94 Å². The molecule has 0 unspecified atom stereocenters. The Morgan fingerprint density at radius 1 is 1.42 bits per heavy atom. The zero-order valence-electron chi connectivity index (χ0n) is 10.3. The van der Waals surface area contributed by atoms with Crippen molar-refractivity contribution in [2.45, 2.75) is 13.5 Å². The van der Waals surface area contributed by atoms with E-state index in [-0.39, 0.29) is 17.8 Å². The van der Waals surface area contributed by atoms with Gasteiger partial charge in [0.1, 0.15) is 6.07 Å². The van der Waals surface area contributed by atoms with Gasteiger partial charge in [-0.15, -0.1) is 5.10 Å². The lowest BCUT2D eigenvalue weighted by Crippen LogP contribution is -2.27. The average Bonchev–Trinajstić information content (AvgIpc) is 2.41. The molecule has 0 aliphatic carbocycles. The van der Waals surface area contributed by atoms with E-state index in [9.17, 15) is 9.90 Å². The first-order valence-electron chi connectivity index (χ1n) is 5.61. The maximum atomic E-state index is 12.1. The highest BCUT2D eigenvalue weighted by atomic mass is 16.3. The molecular weight excluding hydrogens is 244 g/mol. The fourth-order valence-corrected chi connectivity index (χ4v) is 1.69. The lowest BCUT2D eigenvalue weighted by atomic mass is 10.2. The third kappa shape index (κ3) is 2.19. The van der Waals surface area contributed by atoms with Crippen molar-refractivity contribution in [2.24, 2.45) is 5.73 Å². The van der Waals surface area contributed by atoms with Crippen molar-refractivity contribution in [1.29, 1.82) is 5.26 Å². The van der Waals surface area contributed by atoms with E-state index in [1.54, 1.807) is 18.2 Å². The number of nitrogens with two attached hydrogens (primary N) is 1. The first-order chi connectivity index (χ1) is 9.08. The van der Waals surface area contributed by atoms with Crippen molar-refractivity contribution < 1.29 is 5.11 Å². The Balaban J connectivity index is 2.74. The molecule has 0 bridgehead atoms. The predicted octanol–water partition coefficient (Wildman–Crippen LogP) is 0.577. The standard InChI is InChI=1S/C13H12N4O2/c1-8-2-4-9(5-3-8)17-13(19)10(6-14)12(18)11(7-15)16-17/h2-5,18H,6,14H2,1H3. The van der Waals surface area contributed by atoms with Gasteiger partial charge in [0.15, 0.2) is 5.75 Å². The van der Waals surface area contributed by atoms with Crippen LogP contribution in [0.25, 0.3) is 5.69 Å². The molecule has 0 aliphatic rings. The molecular formula is C13H12N4O2. The minimum Gasteiger partial charge on any atom is -0.504 e. The molecule has 0 radical (unpaired) electrons. The van der Waals surface area contributed by atoms with Crippen LogP contribution >= 0.6 is 0 Å². The Hall–Kier alpha value is -2.65. The van der Waals surface area contributed by atoms with E-state index in [0.29, 0.717) is 5.69 Å². The maximum absolute atomic E-state index is 12.1. The predicted molar refractivity (Wildman–Crippen MR) is 68.8 cm³/mol. The van der Waals surface area contributed by atoms with Crippen LogP contribution in [0.3, 0.4) is 0 Å². The molecule has 1 aromatic heterocycles. The summed E-state index contributed by atoms with van der Waals surface area (Å²) in [6.07, 6.45) is 0. The Morgan fingerprint density at radius 2 is 2.05 bits per heavy atom. The number of aromatic hydroxyl groups is 1. The molecule has 3 N–H and O–H groups in total. The molecule has 0 amide bonds. The number of aromatic nitrogens is 2.